The zero-order valence-electron chi connectivity index (χ0n) is 7.28. The topological polar surface area (TPSA) is 51.4 Å². The van der Waals surface area contributed by atoms with Gasteiger partial charge < -0.3 is 4.74 Å². The fourth-order valence-electron chi connectivity index (χ4n) is 0.785. The average molecular weight is 187 g/mol. The molecule has 5 heteroatoms. The van der Waals surface area contributed by atoms with E-state index >= 15 is 0 Å². The third-order valence-electron chi connectivity index (χ3n) is 1.43. The van der Waals surface area contributed by atoms with E-state index in [0.717, 1.165) is 10.7 Å². The molecule has 0 amide bonds. The van der Waals surface area contributed by atoms with Crippen molar-refractivity contribution < 1.29 is 4.74 Å². The lowest BCUT2D eigenvalue weighted by Gasteiger charge is -2.14. The van der Waals surface area contributed by atoms with Gasteiger partial charge in [-0.2, -0.15) is 4.37 Å². The fourth-order valence-corrected chi connectivity index (χ4v) is 1.49. The second kappa shape index (κ2) is 4.39. The number of nitrogens with two attached hydrogens (primary N) is 1. The molecule has 68 valence electrons. The van der Waals surface area contributed by atoms with Crippen molar-refractivity contribution in [3.05, 3.63) is 11.8 Å². The van der Waals surface area contributed by atoms with Gasteiger partial charge in [0, 0.05) is 7.11 Å². The number of methoxy groups -OCH3 is 1. The minimum atomic E-state index is 0.632. The van der Waals surface area contributed by atoms with Crippen molar-refractivity contribution in [1.29, 1.82) is 0 Å². The highest BCUT2D eigenvalue weighted by Crippen LogP contribution is 2.17. The lowest BCUT2D eigenvalue weighted by molar-refractivity contribution is 0.205. The number of aromatic nitrogens is 1. The van der Waals surface area contributed by atoms with Crippen LogP contribution in [0, 0.1) is 6.92 Å². The molecule has 1 heterocycles. The average Bonchev–Trinajstić information content (AvgIpc) is 2.47. The van der Waals surface area contributed by atoms with Gasteiger partial charge in [0.15, 0.2) is 0 Å². The highest BCUT2D eigenvalue weighted by Gasteiger charge is 2.03. The standard InChI is InChI=1S/C7H13N3OS/c1-6-5-7(12-9-6)10(8)3-4-11-2/h5H,3-4,8H2,1-2H3. The maximum Gasteiger partial charge on any atom is 0.126 e. The number of nitrogens with zero attached hydrogens (tertiary/aromatic N) is 2. The summed E-state index contributed by atoms with van der Waals surface area (Å²) in [6, 6.07) is 1.96. The van der Waals surface area contributed by atoms with E-state index in [4.69, 9.17) is 10.6 Å². The van der Waals surface area contributed by atoms with Crippen molar-refractivity contribution in [2.24, 2.45) is 5.84 Å². The number of anilines is 1. The molecule has 1 aromatic rings. The fraction of sp³-hybridized carbons (Fsp3) is 0.571. The third kappa shape index (κ3) is 2.44. The molecule has 0 atom stereocenters. The molecule has 0 aliphatic carbocycles. The van der Waals surface area contributed by atoms with Gasteiger partial charge in [-0.15, -0.1) is 0 Å². The first-order valence-corrected chi connectivity index (χ1v) is 4.46. The molecule has 0 bridgehead atoms. The third-order valence-corrected chi connectivity index (χ3v) is 2.35. The summed E-state index contributed by atoms with van der Waals surface area (Å²) in [5.74, 6) is 5.72. The maximum absolute atomic E-state index is 5.72. The largest absolute Gasteiger partial charge is 0.383 e. The summed E-state index contributed by atoms with van der Waals surface area (Å²) < 4.78 is 9.03. The van der Waals surface area contributed by atoms with Crippen LogP contribution in [-0.2, 0) is 4.74 Å². The lowest BCUT2D eigenvalue weighted by atomic mass is 10.5. The minimum absolute atomic E-state index is 0.632. The molecule has 0 unspecified atom stereocenters. The summed E-state index contributed by atoms with van der Waals surface area (Å²) in [6.45, 7) is 3.27. The zero-order valence-corrected chi connectivity index (χ0v) is 8.10. The first-order valence-electron chi connectivity index (χ1n) is 3.68. The normalized spacial score (nSPS) is 10.2. The molecule has 0 saturated heterocycles. The van der Waals surface area contributed by atoms with E-state index in [1.807, 2.05) is 13.0 Å². The summed E-state index contributed by atoms with van der Waals surface area (Å²) >= 11 is 1.40. The minimum Gasteiger partial charge on any atom is -0.383 e. The van der Waals surface area contributed by atoms with Gasteiger partial charge in [-0.25, -0.2) is 5.84 Å². The van der Waals surface area contributed by atoms with Crippen molar-refractivity contribution in [1.82, 2.24) is 4.37 Å². The molecular formula is C7H13N3OS. The number of hydrogen-bond acceptors (Lipinski definition) is 5. The van der Waals surface area contributed by atoms with Crippen molar-refractivity contribution >= 4 is 16.5 Å². The summed E-state index contributed by atoms with van der Waals surface area (Å²) in [5.41, 5.74) is 1.00. The Morgan fingerprint density at radius 2 is 2.50 bits per heavy atom. The van der Waals surface area contributed by atoms with E-state index < -0.39 is 0 Å². The Hall–Kier alpha value is -0.650. The number of aryl methyl sites for hydroxylation is 1. The molecule has 0 aliphatic heterocycles. The summed E-state index contributed by atoms with van der Waals surface area (Å²) in [4.78, 5) is 0. The number of hydrogen-bond donors (Lipinski definition) is 1. The SMILES string of the molecule is COCCN(N)c1cc(C)ns1. The Labute approximate surface area is 76.1 Å². The van der Waals surface area contributed by atoms with Crippen LogP contribution in [0.3, 0.4) is 0 Å². The van der Waals surface area contributed by atoms with Crippen LogP contribution in [0.25, 0.3) is 0 Å². The molecule has 1 rings (SSSR count). The Morgan fingerprint density at radius 3 is 3.00 bits per heavy atom. The molecule has 0 saturated carbocycles. The van der Waals surface area contributed by atoms with Crippen molar-refractivity contribution in [2.45, 2.75) is 6.92 Å². The van der Waals surface area contributed by atoms with E-state index in [1.54, 1.807) is 12.1 Å². The molecule has 12 heavy (non-hydrogen) atoms. The van der Waals surface area contributed by atoms with E-state index in [-0.39, 0.29) is 0 Å². The van der Waals surface area contributed by atoms with Crippen LogP contribution in [0.2, 0.25) is 0 Å². The number of hydrazine groups is 1. The van der Waals surface area contributed by atoms with Crippen LogP contribution in [0.5, 0.6) is 0 Å². The summed E-state index contributed by atoms with van der Waals surface area (Å²) in [6.07, 6.45) is 0. The molecule has 0 radical (unpaired) electrons. The van der Waals surface area contributed by atoms with Gasteiger partial charge in [-0.05, 0) is 24.5 Å². The van der Waals surface area contributed by atoms with Crippen LogP contribution in [0.4, 0.5) is 5.00 Å². The van der Waals surface area contributed by atoms with Crippen molar-refractivity contribution in [3.63, 3.8) is 0 Å². The monoisotopic (exact) mass is 187 g/mol. The second-order valence-electron chi connectivity index (χ2n) is 2.49. The van der Waals surface area contributed by atoms with Crippen LogP contribution in [0.1, 0.15) is 5.69 Å². The molecule has 0 spiro atoms. The molecule has 0 aliphatic rings. The Bertz CT molecular complexity index is 238. The molecule has 2 N–H and O–H groups in total. The van der Waals surface area contributed by atoms with Crippen LogP contribution in [0.15, 0.2) is 6.07 Å². The van der Waals surface area contributed by atoms with Gasteiger partial charge in [0.2, 0.25) is 0 Å². The molecular weight excluding hydrogens is 174 g/mol. The van der Waals surface area contributed by atoms with E-state index in [2.05, 4.69) is 4.37 Å². The molecule has 0 aromatic carbocycles. The van der Waals surface area contributed by atoms with Crippen LogP contribution < -0.4 is 10.9 Å². The highest BCUT2D eigenvalue weighted by molar-refractivity contribution is 7.10. The maximum atomic E-state index is 5.72. The van der Waals surface area contributed by atoms with Gasteiger partial charge >= 0.3 is 0 Å². The van der Waals surface area contributed by atoms with E-state index in [1.165, 1.54) is 11.5 Å². The Kier molecular flexibility index (Phi) is 3.46. The van der Waals surface area contributed by atoms with E-state index in [9.17, 15) is 0 Å². The first kappa shape index (κ1) is 9.44. The number of rotatable bonds is 4. The summed E-state index contributed by atoms with van der Waals surface area (Å²) in [7, 11) is 1.66. The molecule has 0 fully saturated rings. The van der Waals surface area contributed by atoms with Crippen LogP contribution >= 0.6 is 11.5 Å². The van der Waals surface area contributed by atoms with Crippen molar-refractivity contribution in [3.8, 4) is 0 Å². The molecule has 4 nitrogen and oxygen atoms in total. The smallest absolute Gasteiger partial charge is 0.126 e. The van der Waals surface area contributed by atoms with Gasteiger partial charge in [0.1, 0.15) is 5.00 Å². The highest BCUT2D eigenvalue weighted by atomic mass is 32.1. The van der Waals surface area contributed by atoms with Gasteiger partial charge in [0.05, 0.1) is 18.8 Å². The van der Waals surface area contributed by atoms with Gasteiger partial charge in [-0.3, -0.25) is 5.01 Å². The Balaban J connectivity index is 2.47. The quantitative estimate of drug-likeness (QED) is 0.559. The predicted octanol–water partition coefficient (Wildman–Crippen LogP) is 0.778. The Morgan fingerprint density at radius 1 is 1.75 bits per heavy atom. The lowest BCUT2D eigenvalue weighted by Crippen LogP contribution is -2.33. The van der Waals surface area contributed by atoms with E-state index in [0.29, 0.717) is 13.2 Å². The zero-order chi connectivity index (χ0) is 8.97. The number of ether oxygens (including phenoxy) is 1. The van der Waals surface area contributed by atoms with Crippen molar-refractivity contribution in [2.75, 3.05) is 25.3 Å². The predicted molar refractivity (Wildman–Crippen MR) is 50.3 cm³/mol. The van der Waals surface area contributed by atoms with Gasteiger partial charge in [0.25, 0.3) is 0 Å². The first-order chi connectivity index (χ1) is 5.74. The second-order valence-corrected chi connectivity index (χ2v) is 3.28. The van der Waals surface area contributed by atoms with Crippen LogP contribution in [-0.4, -0.2) is 24.6 Å². The molecule has 1 aromatic heterocycles. The summed E-state index contributed by atoms with van der Waals surface area (Å²) in [5, 5.41) is 2.62. The van der Waals surface area contributed by atoms with Gasteiger partial charge in [-0.1, -0.05) is 0 Å².